The molecule has 2 heterocycles. The van der Waals surface area contributed by atoms with Crippen LogP contribution < -0.4 is 5.69 Å². The van der Waals surface area contributed by atoms with Gasteiger partial charge in [0.2, 0.25) is 5.71 Å². The number of fused-ring (bicyclic) bond motifs is 1. The van der Waals surface area contributed by atoms with Gasteiger partial charge >= 0.3 is 5.69 Å². The number of aliphatic hydroxyl groups is 1. The van der Waals surface area contributed by atoms with Gasteiger partial charge in [0.05, 0.1) is 18.6 Å². The van der Waals surface area contributed by atoms with Gasteiger partial charge in [0.1, 0.15) is 6.73 Å². The van der Waals surface area contributed by atoms with E-state index in [-0.39, 0.29) is 25.7 Å². The Morgan fingerprint density at radius 1 is 1.62 bits per heavy atom. The number of nitrogens with zero attached hydrogens (tertiary/aromatic N) is 2. The van der Waals surface area contributed by atoms with Gasteiger partial charge in [-0.15, -0.1) is 0 Å². The molecule has 86 valence electrons. The molecule has 0 aliphatic carbocycles. The molecule has 0 saturated heterocycles. The molecule has 0 amide bonds. The molecule has 0 fully saturated rings. The zero-order valence-electron chi connectivity index (χ0n) is 8.22. The van der Waals surface area contributed by atoms with Crippen molar-refractivity contribution < 1.29 is 14.3 Å². The van der Waals surface area contributed by atoms with Crippen LogP contribution in [0.25, 0.3) is 11.1 Å². The highest BCUT2D eigenvalue weighted by Crippen LogP contribution is 2.19. The quantitative estimate of drug-likeness (QED) is 0.839. The van der Waals surface area contributed by atoms with E-state index < -0.39 is 5.69 Å². The van der Waals surface area contributed by atoms with Crippen LogP contribution in [0.5, 0.6) is 0 Å². The lowest BCUT2D eigenvalue weighted by Gasteiger charge is -2.04. The molecule has 1 N–H and O–H groups in total. The predicted octanol–water partition coefficient (Wildman–Crippen LogP) is 0.718. The van der Waals surface area contributed by atoms with E-state index in [0.29, 0.717) is 10.1 Å². The molecule has 0 bridgehead atoms. The lowest BCUT2D eigenvalue weighted by Crippen LogP contribution is -2.23. The maximum atomic E-state index is 11.5. The third-order valence-corrected chi connectivity index (χ3v) is 2.30. The van der Waals surface area contributed by atoms with E-state index in [1.54, 1.807) is 12.3 Å². The molecule has 16 heavy (non-hydrogen) atoms. The van der Waals surface area contributed by atoms with Gasteiger partial charge in [-0.05, 0) is 15.9 Å². The summed E-state index contributed by atoms with van der Waals surface area (Å²) in [6.07, 6.45) is 1.59. The number of furan rings is 1. The predicted molar refractivity (Wildman–Crippen MR) is 59.0 cm³/mol. The Bertz CT molecular complexity index is 548. The second kappa shape index (κ2) is 4.77. The van der Waals surface area contributed by atoms with Crippen LogP contribution in [0.1, 0.15) is 0 Å². The standard InChI is InChI=1S/C9H9BrN2O4/c10-7-3-6-4-12(5-15-2-1-13)9(14)11-8(6)16-7/h3-4,13H,1-2,5H2. The molecular formula is C9H9BrN2O4. The average molecular weight is 289 g/mol. The number of aromatic nitrogens is 2. The Morgan fingerprint density at radius 2 is 2.44 bits per heavy atom. The molecule has 2 aromatic rings. The smallest absolute Gasteiger partial charge is 0.352 e. The maximum absolute atomic E-state index is 11.5. The maximum Gasteiger partial charge on any atom is 0.352 e. The molecule has 2 rings (SSSR count). The van der Waals surface area contributed by atoms with E-state index in [2.05, 4.69) is 20.9 Å². The summed E-state index contributed by atoms with van der Waals surface area (Å²) in [5.41, 5.74) is -0.164. The van der Waals surface area contributed by atoms with Crippen molar-refractivity contribution in [1.29, 1.82) is 0 Å². The molecule has 2 aromatic heterocycles. The summed E-state index contributed by atoms with van der Waals surface area (Å²) in [5.74, 6) is 0. The van der Waals surface area contributed by atoms with Crippen LogP contribution in [-0.4, -0.2) is 27.9 Å². The Balaban J connectivity index is 2.30. The van der Waals surface area contributed by atoms with Crippen molar-refractivity contribution in [2.75, 3.05) is 13.2 Å². The first kappa shape index (κ1) is 11.3. The fourth-order valence-electron chi connectivity index (χ4n) is 1.24. The summed E-state index contributed by atoms with van der Waals surface area (Å²) >= 11 is 3.16. The van der Waals surface area contributed by atoms with Crippen LogP contribution in [-0.2, 0) is 11.5 Å². The molecule has 7 heteroatoms. The molecule has 0 radical (unpaired) electrons. The minimum atomic E-state index is -0.452. The van der Waals surface area contributed by atoms with Crippen molar-refractivity contribution in [3.8, 4) is 0 Å². The van der Waals surface area contributed by atoms with E-state index >= 15 is 0 Å². The normalized spacial score (nSPS) is 11.1. The second-order valence-corrected chi connectivity index (χ2v) is 3.85. The van der Waals surface area contributed by atoms with Gasteiger partial charge in [-0.1, -0.05) is 0 Å². The minimum Gasteiger partial charge on any atom is -0.431 e. The van der Waals surface area contributed by atoms with E-state index in [0.717, 1.165) is 0 Å². The van der Waals surface area contributed by atoms with Crippen molar-refractivity contribution >= 4 is 27.0 Å². The van der Waals surface area contributed by atoms with E-state index in [1.807, 2.05) is 0 Å². The topological polar surface area (TPSA) is 77.5 Å². The molecule has 0 saturated carbocycles. The Kier molecular flexibility index (Phi) is 3.37. The molecule has 0 spiro atoms. The lowest BCUT2D eigenvalue weighted by molar-refractivity contribution is 0.0460. The first-order valence-corrected chi connectivity index (χ1v) is 5.35. The van der Waals surface area contributed by atoms with Crippen LogP contribution >= 0.6 is 15.9 Å². The lowest BCUT2D eigenvalue weighted by atomic mass is 10.4. The molecule has 0 unspecified atom stereocenters. The molecular weight excluding hydrogens is 280 g/mol. The molecule has 0 atom stereocenters. The van der Waals surface area contributed by atoms with Crippen LogP contribution in [0.2, 0.25) is 0 Å². The largest absolute Gasteiger partial charge is 0.431 e. The average Bonchev–Trinajstić information content (AvgIpc) is 2.58. The van der Waals surface area contributed by atoms with Crippen LogP contribution in [0.15, 0.2) is 26.1 Å². The van der Waals surface area contributed by atoms with E-state index in [1.165, 1.54) is 4.57 Å². The molecule has 0 aliphatic heterocycles. The number of hydrogen-bond acceptors (Lipinski definition) is 5. The highest BCUT2D eigenvalue weighted by molar-refractivity contribution is 9.10. The van der Waals surface area contributed by atoms with Crippen molar-refractivity contribution in [2.45, 2.75) is 6.73 Å². The Hall–Kier alpha value is -1.18. The Morgan fingerprint density at radius 3 is 3.19 bits per heavy atom. The Labute approximate surface area is 98.6 Å². The summed E-state index contributed by atoms with van der Waals surface area (Å²) in [5, 5.41) is 9.25. The summed E-state index contributed by atoms with van der Waals surface area (Å²) < 4.78 is 12.0. The van der Waals surface area contributed by atoms with Crippen molar-refractivity contribution in [1.82, 2.24) is 9.55 Å². The zero-order valence-corrected chi connectivity index (χ0v) is 9.81. The highest BCUT2D eigenvalue weighted by atomic mass is 79.9. The highest BCUT2D eigenvalue weighted by Gasteiger charge is 2.06. The minimum absolute atomic E-state index is 0.0606. The van der Waals surface area contributed by atoms with Gasteiger partial charge in [0.25, 0.3) is 0 Å². The summed E-state index contributed by atoms with van der Waals surface area (Å²) in [6, 6.07) is 1.71. The second-order valence-electron chi connectivity index (χ2n) is 3.07. The van der Waals surface area contributed by atoms with E-state index in [9.17, 15) is 4.79 Å². The summed E-state index contributed by atoms with van der Waals surface area (Å²) in [7, 11) is 0. The number of rotatable bonds is 4. The monoisotopic (exact) mass is 288 g/mol. The molecule has 6 nitrogen and oxygen atoms in total. The SMILES string of the molecule is O=c1nc2oc(Br)cc2cn1COCCO. The zero-order chi connectivity index (χ0) is 11.5. The number of ether oxygens (including phenoxy) is 1. The van der Waals surface area contributed by atoms with Gasteiger partial charge in [0, 0.05) is 12.3 Å². The van der Waals surface area contributed by atoms with Gasteiger partial charge < -0.3 is 14.3 Å². The van der Waals surface area contributed by atoms with E-state index in [4.69, 9.17) is 14.3 Å². The number of aliphatic hydroxyl groups excluding tert-OH is 1. The summed E-state index contributed by atoms with van der Waals surface area (Å²) in [6.45, 7) is 0.159. The van der Waals surface area contributed by atoms with Crippen LogP contribution in [0.4, 0.5) is 0 Å². The van der Waals surface area contributed by atoms with Gasteiger partial charge in [-0.2, -0.15) is 4.98 Å². The first-order chi connectivity index (χ1) is 7.70. The van der Waals surface area contributed by atoms with Gasteiger partial charge in [-0.25, -0.2) is 4.79 Å². The third-order valence-electron chi connectivity index (χ3n) is 1.91. The van der Waals surface area contributed by atoms with Crippen LogP contribution in [0.3, 0.4) is 0 Å². The molecule has 0 aromatic carbocycles. The van der Waals surface area contributed by atoms with Crippen molar-refractivity contribution in [3.05, 3.63) is 27.4 Å². The van der Waals surface area contributed by atoms with Gasteiger partial charge in [0.15, 0.2) is 4.67 Å². The molecule has 0 aliphatic rings. The fraction of sp³-hybridized carbons (Fsp3) is 0.333. The van der Waals surface area contributed by atoms with Crippen molar-refractivity contribution in [2.24, 2.45) is 0 Å². The van der Waals surface area contributed by atoms with Crippen molar-refractivity contribution in [3.63, 3.8) is 0 Å². The fourth-order valence-corrected chi connectivity index (χ4v) is 1.64. The third kappa shape index (κ3) is 2.31. The van der Waals surface area contributed by atoms with Gasteiger partial charge in [-0.3, -0.25) is 4.57 Å². The van der Waals surface area contributed by atoms with Crippen LogP contribution in [0, 0.1) is 0 Å². The first-order valence-electron chi connectivity index (χ1n) is 4.56. The number of halogens is 1. The number of hydrogen-bond donors (Lipinski definition) is 1. The summed E-state index contributed by atoms with van der Waals surface area (Å²) in [4.78, 5) is 15.2.